The van der Waals surface area contributed by atoms with Gasteiger partial charge in [-0.3, -0.25) is 0 Å². The molecule has 0 amide bonds. The molecule has 0 saturated carbocycles. The third-order valence-electron chi connectivity index (χ3n) is 2.05. The minimum absolute atomic E-state index is 0.466. The molecule has 0 bridgehead atoms. The average Bonchev–Trinajstić information content (AvgIpc) is 2.30. The van der Waals surface area contributed by atoms with Crippen LogP contribution in [-0.4, -0.2) is 4.98 Å². The third-order valence-corrected chi connectivity index (χ3v) is 3.05. The molecule has 0 spiro atoms. The maximum absolute atomic E-state index is 5.68. The molecular weight excluding hydrogens is 289 g/mol. The highest BCUT2D eigenvalue weighted by Gasteiger charge is 2.00. The van der Waals surface area contributed by atoms with Crippen LogP contribution in [0.15, 0.2) is 47.1 Å². The molecule has 2 aromatic rings. The molecule has 16 heavy (non-hydrogen) atoms. The fourth-order valence-electron chi connectivity index (χ4n) is 1.22. The van der Waals surface area contributed by atoms with E-state index in [1.54, 1.807) is 18.3 Å². The highest BCUT2D eigenvalue weighted by atomic mass is 79.9. The molecular formula is C12H9BrClNO. The van der Waals surface area contributed by atoms with Gasteiger partial charge in [-0.1, -0.05) is 45.7 Å². The van der Waals surface area contributed by atoms with Crippen molar-refractivity contribution in [2.45, 2.75) is 6.61 Å². The van der Waals surface area contributed by atoms with Crippen LogP contribution < -0.4 is 4.74 Å². The molecule has 0 saturated heterocycles. The van der Waals surface area contributed by atoms with E-state index in [2.05, 4.69) is 20.9 Å². The van der Waals surface area contributed by atoms with Gasteiger partial charge in [0.1, 0.15) is 17.5 Å². The Hall–Kier alpha value is -1.06. The summed E-state index contributed by atoms with van der Waals surface area (Å²) >= 11 is 9.14. The number of rotatable bonds is 3. The van der Waals surface area contributed by atoms with Gasteiger partial charge in [0.05, 0.1) is 6.20 Å². The Morgan fingerprint density at radius 3 is 2.69 bits per heavy atom. The van der Waals surface area contributed by atoms with E-state index in [0.29, 0.717) is 17.5 Å². The normalized spacial score (nSPS) is 10.1. The van der Waals surface area contributed by atoms with Gasteiger partial charge in [-0.2, -0.15) is 0 Å². The molecule has 2 rings (SSSR count). The average molecular weight is 299 g/mol. The molecule has 1 heterocycles. The topological polar surface area (TPSA) is 22.1 Å². The van der Waals surface area contributed by atoms with Crippen molar-refractivity contribution in [2.75, 3.05) is 0 Å². The van der Waals surface area contributed by atoms with Crippen molar-refractivity contribution in [1.82, 2.24) is 4.98 Å². The summed E-state index contributed by atoms with van der Waals surface area (Å²) in [5.41, 5.74) is 1.09. The zero-order valence-corrected chi connectivity index (χ0v) is 10.7. The standard InChI is InChI=1S/C12H9BrClNO/c13-11-4-2-1-3-9(11)8-16-10-5-6-12(14)15-7-10/h1-7H,8H2. The molecule has 0 atom stereocenters. The molecule has 0 N–H and O–H groups in total. The summed E-state index contributed by atoms with van der Waals surface area (Å²) in [6, 6.07) is 11.4. The summed E-state index contributed by atoms with van der Waals surface area (Å²) in [6.45, 7) is 0.505. The van der Waals surface area contributed by atoms with Gasteiger partial charge < -0.3 is 4.74 Å². The van der Waals surface area contributed by atoms with E-state index in [4.69, 9.17) is 16.3 Å². The van der Waals surface area contributed by atoms with E-state index in [1.165, 1.54) is 0 Å². The Balaban J connectivity index is 2.02. The lowest BCUT2D eigenvalue weighted by atomic mass is 10.2. The first kappa shape index (κ1) is 11.4. The van der Waals surface area contributed by atoms with Crippen LogP contribution in [0.3, 0.4) is 0 Å². The van der Waals surface area contributed by atoms with Crippen molar-refractivity contribution in [1.29, 1.82) is 0 Å². The highest BCUT2D eigenvalue weighted by Crippen LogP contribution is 2.19. The van der Waals surface area contributed by atoms with Crippen LogP contribution in [0, 0.1) is 0 Å². The van der Waals surface area contributed by atoms with Crippen LogP contribution in [0.5, 0.6) is 5.75 Å². The molecule has 0 aliphatic carbocycles. The van der Waals surface area contributed by atoms with Crippen molar-refractivity contribution < 1.29 is 4.74 Å². The Kier molecular flexibility index (Phi) is 3.80. The van der Waals surface area contributed by atoms with E-state index in [0.717, 1.165) is 10.0 Å². The number of nitrogens with zero attached hydrogens (tertiary/aromatic N) is 1. The number of pyridine rings is 1. The molecule has 0 unspecified atom stereocenters. The molecule has 0 aliphatic rings. The van der Waals surface area contributed by atoms with Crippen LogP contribution in [0.25, 0.3) is 0 Å². The summed E-state index contributed by atoms with van der Waals surface area (Å²) in [6.07, 6.45) is 1.61. The Bertz CT molecular complexity index is 473. The third kappa shape index (κ3) is 2.97. The molecule has 0 radical (unpaired) electrons. The van der Waals surface area contributed by atoms with Gasteiger partial charge >= 0.3 is 0 Å². The molecule has 1 aromatic carbocycles. The van der Waals surface area contributed by atoms with Crippen molar-refractivity contribution in [2.24, 2.45) is 0 Å². The second kappa shape index (κ2) is 5.32. The molecule has 1 aromatic heterocycles. The van der Waals surface area contributed by atoms with Gasteiger partial charge in [-0.15, -0.1) is 0 Å². The van der Waals surface area contributed by atoms with E-state index < -0.39 is 0 Å². The van der Waals surface area contributed by atoms with Crippen molar-refractivity contribution in [3.63, 3.8) is 0 Å². The van der Waals surface area contributed by atoms with Crippen LogP contribution >= 0.6 is 27.5 Å². The van der Waals surface area contributed by atoms with Gasteiger partial charge in [0.25, 0.3) is 0 Å². The first-order chi connectivity index (χ1) is 7.75. The first-order valence-electron chi connectivity index (χ1n) is 4.73. The van der Waals surface area contributed by atoms with Crippen LogP contribution in [-0.2, 0) is 6.61 Å². The predicted molar refractivity (Wildman–Crippen MR) is 67.7 cm³/mol. The quantitative estimate of drug-likeness (QED) is 0.797. The lowest BCUT2D eigenvalue weighted by Crippen LogP contribution is -1.96. The van der Waals surface area contributed by atoms with Gasteiger partial charge in [0.15, 0.2) is 0 Å². The fourth-order valence-corrected chi connectivity index (χ4v) is 1.74. The number of benzene rings is 1. The maximum atomic E-state index is 5.68. The van der Waals surface area contributed by atoms with E-state index in [9.17, 15) is 0 Å². The maximum Gasteiger partial charge on any atom is 0.138 e. The summed E-state index contributed by atoms with van der Waals surface area (Å²) in [5.74, 6) is 0.708. The van der Waals surface area contributed by atoms with E-state index in [-0.39, 0.29) is 0 Å². The minimum atomic E-state index is 0.466. The number of hydrogen-bond donors (Lipinski definition) is 0. The van der Waals surface area contributed by atoms with Crippen LogP contribution in [0.1, 0.15) is 5.56 Å². The van der Waals surface area contributed by atoms with E-state index in [1.807, 2.05) is 24.3 Å². The number of halogens is 2. The zero-order valence-electron chi connectivity index (χ0n) is 8.36. The van der Waals surface area contributed by atoms with Gasteiger partial charge in [-0.05, 0) is 18.2 Å². The Morgan fingerprint density at radius 1 is 1.19 bits per heavy atom. The predicted octanol–water partition coefficient (Wildman–Crippen LogP) is 4.08. The van der Waals surface area contributed by atoms with Gasteiger partial charge in [0, 0.05) is 10.0 Å². The molecule has 82 valence electrons. The monoisotopic (exact) mass is 297 g/mol. The van der Waals surface area contributed by atoms with Crippen LogP contribution in [0.4, 0.5) is 0 Å². The molecule has 0 fully saturated rings. The summed E-state index contributed by atoms with van der Waals surface area (Å²) in [4.78, 5) is 3.94. The summed E-state index contributed by atoms with van der Waals surface area (Å²) in [7, 11) is 0. The SMILES string of the molecule is Clc1ccc(OCc2ccccc2Br)cn1. The van der Waals surface area contributed by atoms with Gasteiger partial charge in [-0.25, -0.2) is 4.98 Å². The minimum Gasteiger partial charge on any atom is -0.487 e. The lowest BCUT2D eigenvalue weighted by molar-refractivity contribution is 0.304. The highest BCUT2D eigenvalue weighted by molar-refractivity contribution is 9.10. The number of hydrogen-bond acceptors (Lipinski definition) is 2. The number of ether oxygens (including phenoxy) is 1. The van der Waals surface area contributed by atoms with Crippen molar-refractivity contribution in [3.8, 4) is 5.75 Å². The van der Waals surface area contributed by atoms with E-state index >= 15 is 0 Å². The smallest absolute Gasteiger partial charge is 0.138 e. The second-order valence-corrected chi connectivity index (χ2v) is 4.44. The molecule has 0 aliphatic heterocycles. The van der Waals surface area contributed by atoms with Crippen LogP contribution in [0.2, 0.25) is 5.15 Å². The summed E-state index contributed by atoms with van der Waals surface area (Å²) in [5, 5.41) is 0.466. The number of aromatic nitrogens is 1. The lowest BCUT2D eigenvalue weighted by Gasteiger charge is -2.07. The Morgan fingerprint density at radius 2 is 2.00 bits per heavy atom. The summed E-state index contributed by atoms with van der Waals surface area (Å²) < 4.78 is 6.62. The zero-order chi connectivity index (χ0) is 11.4. The molecule has 2 nitrogen and oxygen atoms in total. The largest absolute Gasteiger partial charge is 0.487 e. The molecule has 4 heteroatoms. The Labute approximate surface area is 107 Å². The van der Waals surface area contributed by atoms with Gasteiger partial charge in [0.2, 0.25) is 0 Å². The van der Waals surface area contributed by atoms with Crippen molar-refractivity contribution in [3.05, 3.63) is 57.8 Å². The van der Waals surface area contributed by atoms with Crippen molar-refractivity contribution >= 4 is 27.5 Å². The fraction of sp³-hybridized carbons (Fsp3) is 0.0833. The first-order valence-corrected chi connectivity index (χ1v) is 5.90. The second-order valence-electron chi connectivity index (χ2n) is 3.20.